The summed E-state index contributed by atoms with van der Waals surface area (Å²) in [5, 5.41) is 6.24. The van der Waals surface area contributed by atoms with Gasteiger partial charge < -0.3 is 15.6 Å². The number of nitrogens with one attached hydrogen (secondary N) is 3. The highest BCUT2D eigenvalue weighted by Gasteiger charge is 2.21. The molecule has 1 aliphatic carbocycles. The molecule has 0 radical (unpaired) electrons. The first-order valence-electron chi connectivity index (χ1n) is 9.13. The third-order valence-corrected chi connectivity index (χ3v) is 5.30. The van der Waals surface area contributed by atoms with Gasteiger partial charge in [-0.25, -0.2) is 4.79 Å². The minimum Gasteiger partial charge on any atom is -0.348 e. The number of benzene rings is 1. The Morgan fingerprint density at radius 1 is 1.28 bits per heavy atom. The lowest BCUT2D eigenvalue weighted by Gasteiger charge is -2.14. The van der Waals surface area contributed by atoms with Gasteiger partial charge in [0.2, 0.25) is 0 Å². The highest BCUT2D eigenvalue weighted by Crippen LogP contribution is 2.30. The Labute approximate surface area is 146 Å². The molecule has 1 aromatic heterocycles. The lowest BCUT2D eigenvalue weighted by molar-refractivity contribution is 0.0956. The van der Waals surface area contributed by atoms with E-state index in [0.29, 0.717) is 12.1 Å². The molecule has 2 heterocycles. The topological polar surface area (TPSA) is 78.9 Å². The van der Waals surface area contributed by atoms with Crippen LogP contribution in [0, 0.1) is 0 Å². The number of rotatable bonds is 4. The molecular weight excluding hydrogens is 316 g/mol. The number of hydrogen-bond donors (Lipinski definition) is 3. The molecule has 0 bridgehead atoms. The highest BCUT2D eigenvalue weighted by atomic mass is 16.2. The minimum absolute atomic E-state index is 0.0701. The molecule has 25 heavy (non-hydrogen) atoms. The lowest BCUT2D eigenvalue weighted by atomic mass is 10.1. The van der Waals surface area contributed by atoms with Gasteiger partial charge in [-0.15, -0.1) is 0 Å². The maximum atomic E-state index is 12.4. The van der Waals surface area contributed by atoms with E-state index in [-0.39, 0.29) is 17.6 Å². The maximum absolute atomic E-state index is 12.4. The van der Waals surface area contributed by atoms with Crippen molar-refractivity contribution >= 4 is 16.9 Å². The number of fused-ring (bicyclic) bond motifs is 1. The molecule has 1 saturated carbocycles. The van der Waals surface area contributed by atoms with Crippen LogP contribution in [0.15, 0.2) is 34.6 Å². The van der Waals surface area contributed by atoms with E-state index in [1.165, 1.54) is 18.4 Å². The van der Waals surface area contributed by atoms with Crippen molar-refractivity contribution in [3.05, 3.63) is 45.9 Å². The fourth-order valence-corrected chi connectivity index (χ4v) is 3.92. The van der Waals surface area contributed by atoms with Gasteiger partial charge >= 0.3 is 5.69 Å². The Hall–Kier alpha value is -2.34. The molecule has 2 aliphatic rings. The molecule has 132 valence electrons. The third-order valence-electron chi connectivity index (χ3n) is 5.30. The summed E-state index contributed by atoms with van der Waals surface area (Å²) in [5.41, 5.74) is 3.41. The molecule has 0 saturated heterocycles. The van der Waals surface area contributed by atoms with E-state index in [0.717, 1.165) is 43.4 Å². The van der Waals surface area contributed by atoms with Crippen LogP contribution >= 0.6 is 0 Å². The van der Waals surface area contributed by atoms with E-state index in [9.17, 15) is 9.59 Å². The van der Waals surface area contributed by atoms with E-state index in [1.54, 1.807) is 6.07 Å². The zero-order valence-electron chi connectivity index (χ0n) is 14.3. The molecule has 6 nitrogen and oxygen atoms in total. The maximum Gasteiger partial charge on any atom is 0.326 e. The Morgan fingerprint density at radius 2 is 2.12 bits per heavy atom. The normalized spacial score (nSPS) is 18.5. The van der Waals surface area contributed by atoms with Gasteiger partial charge in [0.25, 0.3) is 5.91 Å². The van der Waals surface area contributed by atoms with Gasteiger partial charge in [-0.2, -0.15) is 0 Å². The SMILES string of the molecule is O=C(NCC1=CCNCC1)c1ccc2c(c1)[nH]c(=O)n2C1CCCC1. The first-order chi connectivity index (χ1) is 12.2. The van der Waals surface area contributed by atoms with Crippen LogP contribution in [0.25, 0.3) is 11.0 Å². The second kappa shape index (κ2) is 6.88. The summed E-state index contributed by atoms with van der Waals surface area (Å²) < 4.78 is 1.86. The van der Waals surface area contributed by atoms with Gasteiger partial charge in [0.05, 0.1) is 11.0 Å². The number of imidazole rings is 1. The molecule has 0 spiro atoms. The van der Waals surface area contributed by atoms with Gasteiger partial charge in [-0.3, -0.25) is 9.36 Å². The Morgan fingerprint density at radius 3 is 2.88 bits per heavy atom. The number of aromatic amines is 1. The second-order valence-electron chi connectivity index (χ2n) is 6.97. The number of hydrogen-bond acceptors (Lipinski definition) is 3. The fourth-order valence-electron chi connectivity index (χ4n) is 3.92. The molecule has 1 fully saturated rings. The summed E-state index contributed by atoms with van der Waals surface area (Å²) in [4.78, 5) is 27.7. The van der Waals surface area contributed by atoms with Crippen LogP contribution in [0.1, 0.15) is 48.5 Å². The molecule has 6 heteroatoms. The average Bonchev–Trinajstić information content (AvgIpc) is 3.26. The van der Waals surface area contributed by atoms with Gasteiger partial charge in [0, 0.05) is 24.7 Å². The van der Waals surface area contributed by atoms with Crippen molar-refractivity contribution in [2.24, 2.45) is 0 Å². The van der Waals surface area contributed by atoms with E-state index in [1.807, 2.05) is 16.7 Å². The number of carbonyl (C=O) groups excluding carboxylic acids is 1. The molecule has 2 aromatic rings. The smallest absolute Gasteiger partial charge is 0.326 e. The number of aromatic nitrogens is 2. The summed E-state index contributed by atoms with van der Waals surface area (Å²) in [6, 6.07) is 5.78. The predicted molar refractivity (Wildman–Crippen MR) is 98.0 cm³/mol. The van der Waals surface area contributed by atoms with Crippen molar-refractivity contribution in [2.75, 3.05) is 19.6 Å². The van der Waals surface area contributed by atoms with E-state index >= 15 is 0 Å². The van der Waals surface area contributed by atoms with Crippen molar-refractivity contribution in [3.63, 3.8) is 0 Å². The van der Waals surface area contributed by atoms with Gasteiger partial charge in [0.1, 0.15) is 0 Å². The molecule has 0 unspecified atom stereocenters. The Kier molecular flexibility index (Phi) is 4.44. The van der Waals surface area contributed by atoms with Crippen molar-refractivity contribution in [2.45, 2.75) is 38.1 Å². The summed E-state index contributed by atoms with van der Waals surface area (Å²) >= 11 is 0. The van der Waals surface area contributed by atoms with Crippen molar-refractivity contribution in [1.82, 2.24) is 20.2 Å². The predicted octanol–water partition coefficient (Wildman–Crippen LogP) is 2.09. The molecule has 4 rings (SSSR count). The van der Waals surface area contributed by atoms with Crippen molar-refractivity contribution < 1.29 is 4.79 Å². The number of carbonyl (C=O) groups is 1. The van der Waals surface area contributed by atoms with Gasteiger partial charge in [0.15, 0.2) is 0 Å². The standard InChI is InChI=1S/C19H24N4O2/c24-18(21-12-13-7-9-20-10-8-13)14-5-6-17-16(11-14)22-19(25)23(17)15-3-1-2-4-15/h5-7,11,15,20H,1-4,8-10,12H2,(H,21,24)(H,22,25). The van der Waals surface area contributed by atoms with Crippen molar-refractivity contribution in [3.8, 4) is 0 Å². The summed E-state index contributed by atoms with van der Waals surface area (Å²) in [6.07, 6.45) is 7.56. The monoisotopic (exact) mass is 340 g/mol. The quantitative estimate of drug-likeness (QED) is 0.746. The van der Waals surface area contributed by atoms with Crippen LogP contribution in [-0.2, 0) is 0 Å². The van der Waals surface area contributed by atoms with Gasteiger partial charge in [-0.1, -0.05) is 24.5 Å². The molecule has 1 aliphatic heterocycles. The van der Waals surface area contributed by atoms with Crippen molar-refractivity contribution in [1.29, 1.82) is 0 Å². The van der Waals surface area contributed by atoms with Crippen LogP contribution in [0.5, 0.6) is 0 Å². The minimum atomic E-state index is -0.101. The number of H-pyrrole nitrogens is 1. The molecule has 1 aromatic carbocycles. The van der Waals surface area contributed by atoms with Crippen LogP contribution in [-0.4, -0.2) is 35.1 Å². The third kappa shape index (κ3) is 3.26. The zero-order chi connectivity index (χ0) is 17.2. The largest absolute Gasteiger partial charge is 0.348 e. The number of amides is 1. The highest BCUT2D eigenvalue weighted by molar-refractivity contribution is 5.97. The number of nitrogens with zero attached hydrogens (tertiary/aromatic N) is 1. The first-order valence-corrected chi connectivity index (χ1v) is 9.13. The van der Waals surface area contributed by atoms with E-state index in [2.05, 4.69) is 21.7 Å². The van der Waals surface area contributed by atoms with Crippen LogP contribution in [0.2, 0.25) is 0 Å². The summed E-state index contributed by atoms with van der Waals surface area (Å²) in [7, 11) is 0. The van der Waals surface area contributed by atoms with E-state index in [4.69, 9.17) is 0 Å². The Bertz CT molecular complexity index is 871. The van der Waals surface area contributed by atoms with Crippen LogP contribution < -0.4 is 16.3 Å². The summed E-state index contributed by atoms with van der Waals surface area (Å²) in [6.45, 7) is 2.41. The Balaban J connectivity index is 1.53. The first kappa shape index (κ1) is 16.1. The van der Waals surface area contributed by atoms with E-state index < -0.39 is 0 Å². The van der Waals surface area contributed by atoms with Gasteiger partial charge in [-0.05, 0) is 44.0 Å². The van der Waals surface area contributed by atoms with Crippen LogP contribution in [0.3, 0.4) is 0 Å². The summed E-state index contributed by atoms with van der Waals surface area (Å²) in [5.74, 6) is -0.101. The molecule has 3 N–H and O–H groups in total. The molecular formula is C19H24N4O2. The fraction of sp³-hybridized carbons (Fsp3) is 0.474. The zero-order valence-corrected chi connectivity index (χ0v) is 14.3. The second-order valence-corrected chi connectivity index (χ2v) is 6.97. The average molecular weight is 340 g/mol. The molecule has 1 amide bonds. The lowest BCUT2D eigenvalue weighted by Crippen LogP contribution is -2.29. The molecule has 0 atom stereocenters. The van der Waals surface area contributed by atoms with Crippen LogP contribution in [0.4, 0.5) is 0 Å².